The van der Waals surface area contributed by atoms with Crippen LogP contribution in [0.2, 0.25) is 10.0 Å². The van der Waals surface area contributed by atoms with Crippen molar-refractivity contribution in [2.24, 2.45) is 0 Å². The van der Waals surface area contributed by atoms with Crippen LogP contribution < -0.4 is 10.1 Å². The van der Waals surface area contributed by atoms with Crippen LogP contribution in [0.25, 0.3) is 0 Å². The van der Waals surface area contributed by atoms with Gasteiger partial charge < -0.3 is 14.5 Å². The monoisotopic (exact) mass is 349 g/mol. The van der Waals surface area contributed by atoms with Crippen molar-refractivity contribution in [1.29, 1.82) is 0 Å². The quantitative estimate of drug-likeness (QED) is 0.706. The van der Waals surface area contributed by atoms with Gasteiger partial charge >= 0.3 is 0 Å². The lowest BCUT2D eigenvalue weighted by Gasteiger charge is -2.06. The highest BCUT2D eigenvalue weighted by atomic mass is 35.5. The number of aromatic nitrogens is 2. The molecular formula is C16H13Cl2N3O2. The summed E-state index contributed by atoms with van der Waals surface area (Å²) in [6.07, 6.45) is 0. The second-order valence-electron chi connectivity index (χ2n) is 4.67. The summed E-state index contributed by atoms with van der Waals surface area (Å²) >= 11 is 12.0. The van der Waals surface area contributed by atoms with E-state index >= 15 is 0 Å². The maximum absolute atomic E-state index is 6.08. The predicted octanol–water partition coefficient (Wildman–Crippen LogP) is 4.57. The van der Waals surface area contributed by atoms with Gasteiger partial charge in [0, 0.05) is 5.02 Å². The fraction of sp³-hybridized carbons (Fsp3) is 0.125. The van der Waals surface area contributed by atoms with Crippen molar-refractivity contribution in [3.05, 3.63) is 70.4 Å². The number of nitrogens with one attached hydrogen (secondary N) is 1. The standard InChI is InChI=1S/C16H13Cl2N3O2/c17-11-6-7-13(18)14(8-11)19-9-15-20-21-16(23-15)10-22-12-4-2-1-3-5-12/h1-8,19H,9-10H2. The fourth-order valence-corrected chi connectivity index (χ4v) is 2.24. The number of ether oxygens (including phenoxy) is 1. The largest absolute Gasteiger partial charge is 0.484 e. The summed E-state index contributed by atoms with van der Waals surface area (Å²) in [5.74, 6) is 1.59. The number of hydrogen-bond donors (Lipinski definition) is 1. The average Bonchev–Trinajstić information content (AvgIpc) is 3.03. The molecule has 1 N–H and O–H groups in total. The molecular weight excluding hydrogens is 337 g/mol. The number of hydrogen-bond acceptors (Lipinski definition) is 5. The maximum atomic E-state index is 6.08. The first-order chi connectivity index (χ1) is 11.2. The molecule has 0 atom stereocenters. The normalized spacial score (nSPS) is 10.5. The Morgan fingerprint density at radius 1 is 1.00 bits per heavy atom. The van der Waals surface area contributed by atoms with Crippen LogP contribution >= 0.6 is 23.2 Å². The van der Waals surface area contributed by atoms with Gasteiger partial charge in [-0.05, 0) is 30.3 Å². The van der Waals surface area contributed by atoms with E-state index in [1.807, 2.05) is 30.3 Å². The van der Waals surface area contributed by atoms with Crippen LogP contribution in [0.4, 0.5) is 5.69 Å². The molecule has 0 saturated carbocycles. The lowest BCUT2D eigenvalue weighted by atomic mass is 10.3. The summed E-state index contributed by atoms with van der Waals surface area (Å²) in [5, 5.41) is 12.2. The minimum Gasteiger partial charge on any atom is -0.484 e. The molecule has 0 aliphatic carbocycles. The van der Waals surface area contributed by atoms with Gasteiger partial charge in [-0.2, -0.15) is 0 Å². The minimum atomic E-state index is 0.217. The van der Waals surface area contributed by atoms with Crippen LogP contribution in [0, 0.1) is 0 Å². The molecule has 0 aliphatic rings. The third-order valence-electron chi connectivity index (χ3n) is 2.97. The molecule has 23 heavy (non-hydrogen) atoms. The van der Waals surface area contributed by atoms with Crippen molar-refractivity contribution in [2.45, 2.75) is 13.2 Å². The van der Waals surface area contributed by atoms with Gasteiger partial charge in [0.1, 0.15) is 5.75 Å². The van der Waals surface area contributed by atoms with E-state index in [4.69, 9.17) is 32.4 Å². The Labute approximate surface area is 143 Å². The van der Waals surface area contributed by atoms with Gasteiger partial charge in [0.2, 0.25) is 5.89 Å². The molecule has 0 unspecified atom stereocenters. The Morgan fingerprint density at radius 2 is 1.78 bits per heavy atom. The van der Waals surface area contributed by atoms with E-state index in [0.717, 1.165) is 5.75 Å². The van der Waals surface area contributed by atoms with Gasteiger partial charge in [0.25, 0.3) is 5.89 Å². The average molecular weight is 350 g/mol. The minimum absolute atomic E-state index is 0.217. The van der Waals surface area contributed by atoms with Crippen molar-refractivity contribution >= 4 is 28.9 Å². The topological polar surface area (TPSA) is 60.2 Å². The summed E-state index contributed by atoms with van der Waals surface area (Å²) in [4.78, 5) is 0. The Kier molecular flexibility index (Phi) is 5.00. The molecule has 0 bridgehead atoms. The summed E-state index contributed by atoms with van der Waals surface area (Å²) in [6.45, 7) is 0.563. The first-order valence-corrected chi connectivity index (χ1v) is 7.64. The van der Waals surface area contributed by atoms with E-state index in [2.05, 4.69) is 15.5 Å². The molecule has 0 fully saturated rings. The Balaban J connectivity index is 1.56. The van der Waals surface area contributed by atoms with Gasteiger partial charge in [-0.1, -0.05) is 41.4 Å². The molecule has 0 saturated heterocycles. The first-order valence-electron chi connectivity index (χ1n) is 6.89. The second-order valence-corrected chi connectivity index (χ2v) is 5.51. The molecule has 5 nitrogen and oxygen atoms in total. The van der Waals surface area contributed by atoms with Crippen LogP contribution in [0.1, 0.15) is 11.8 Å². The van der Waals surface area contributed by atoms with E-state index in [-0.39, 0.29) is 6.61 Å². The number of nitrogens with zero attached hydrogens (tertiary/aromatic N) is 2. The summed E-state index contributed by atoms with van der Waals surface area (Å²) < 4.78 is 11.1. The number of rotatable bonds is 6. The third kappa shape index (κ3) is 4.37. The summed E-state index contributed by atoms with van der Waals surface area (Å²) in [6, 6.07) is 14.6. The zero-order valence-corrected chi connectivity index (χ0v) is 13.5. The summed E-state index contributed by atoms with van der Waals surface area (Å²) in [5.41, 5.74) is 0.708. The van der Waals surface area contributed by atoms with Gasteiger partial charge in [-0.25, -0.2) is 0 Å². The molecule has 0 amide bonds. The highest BCUT2D eigenvalue weighted by Gasteiger charge is 2.08. The van der Waals surface area contributed by atoms with Crippen LogP contribution in [0.15, 0.2) is 52.9 Å². The van der Waals surface area contributed by atoms with Crippen LogP contribution in [-0.2, 0) is 13.2 Å². The molecule has 3 rings (SSSR count). The maximum Gasteiger partial charge on any atom is 0.253 e. The smallest absolute Gasteiger partial charge is 0.253 e. The highest BCUT2D eigenvalue weighted by Crippen LogP contribution is 2.25. The lowest BCUT2D eigenvalue weighted by molar-refractivity contribution is 0.259. The van der Waals surface area contributed by atoms with Crippen LogP contribution in [0.5, 0.6) is 5.75 Å². The molecule has 1 aromatic heterocycles. The number of anilines is 1. The van der Waals surface area contributed by atoms with Gasteiger partial charge in [-0.15, -0.1) is 10.2 Å². The van der Waals surface area contributed by atoms with E-state index in [1.165, 1.54) is 0 Å². The molecule has 3 aromatic rings. The zero-order valence-electron chi connectivity index (χ0n) is 12.0. The van der Waals surface area contributed by atoms with Crippen molar-refractivity contribution in [3.8, 4) is 5.75 Å². The number of halogens is 2. The number of para-hydroxylation sites is 1. The third-order valence-corrected chi connectivity index (χ3v) is 3.54. The predicted molar refractivity (Wildman–Crippen MR) is 88.9 cm³/mol. The van der Waals surface area contributed by atoms with Crippen LogP contribution in [0.3, 0.4) is 0 Å². The Hall–Kier alpha value is -2.24. The van der Waals surface area contributed by atoms with Crippen molar-refractivity contribution < 1.29 is 9.15 Å². The van der Waals surface area contributed by atoms with Gasteiger partial charge in [0.05, 0.1) is 17.3 Å². The molecule has 2 aromatic carbocycles. The van der Waals surface area contributed by atoms with Gasteiger partial charge in [-0.3, -0.25) is 0 Å². The highest BCUT2D eigenvalue weighted by molar-refractivity contribution is 6.35. The Bertz CT molecular complexity index is 778. The van der Waals surface area contributed by atoms with Gasteiger partial charge in [0.15, 0.2) is 6.61 Å². The van der Waals surface area contributed by atoms with Crippen molar-refractivity contribution in [1.82, 2.24) is 10.2 Å². The first kappa shape index (κ1) is 15.6. The molecule has 0 aliphatic heterocycles. The van der Waals surface area contributed by atoms with Crippen molar-refractivity contribution in [3.63, 3.8) is 0 Å². The molecule has 0 spiro atoms. The van der Waals surface area contributed by atoms with Crippen LogP contribution in [-0.4, -0.2) is 10.2 Å². The SMILES string of the molecule is Clc1ccc(Cl)c(NCc2nnc(COc3ccccc3)o2)c1. The van der Waals surface area contributed by atoms with E-state index in [1.54, 1.807) is 18.2 Å². The zero-order chi connectivity index (χ0) is 16.1. The molecule has 7 heteroatoms. The summed E-state index contributed by atoms with van der Waals surface area (Å²) in [7, 11) is 0. The number of benzene rings is 2. The van der Waals surface area contributed by atoms with E-state index in [9.17, 15) is 0 Å². The fourth-order valence-electron chi connectivity index (χ4n) is 1.88. The van der Waals surface area contributed by atoms with E-state index < -0.39 is 0 Å². The van der Waals surface area contributed by atoms with E-state index in [0.29, 0.717) is 34.1 Å². The molecule has 118 valence electrons. The van der Waals surface area contributed by atoms with Crippen molar-refractivity contribution in [2.75, 3.05) is 5.32 Å². The molecule has 1 heterocycles. The lowest BCUT2D eigenvalue weighted by Crippen LogP contribution is -2.00. The Morgan fingerprint density at radius 3 is 2.61 bits per heavy atom. The molecule has 0 radical (unpaired) electrons. The second kappa shape index (κ2) is 7.35.